The van der Waals surface area contributed by atoms with Crippen molar-refractivity contribution in [1.82, 2.24) is 0 Å². The smallest absolute Gasteiger partial charge is 0.173 e. The number of hydrogen-bond donors (Lipinski definition) is 0. The van der Waals surface area contributed by atoms with E-state index in [1.807, 2.05) is 6.08 Å². The number of allylic oxidation sites excluding steroid dienone is 1. The first-order valence-electron chi connectivity index (χ1n) is 5.53. The van der Waals surface area contributed by atoms with Crippen LogP contribution in [-0.4, -0.2) is 15.6 Å². The Morgan fingerprint density at radius 3 is 2.69 bits per heavy atom. The van der Waals surface area contributed by atoms with Crippen LogP contribution in [0, 0.1) is 0 Å². The predicted octanol–water partition coefficient (Wildman–Crippen LogP) is 3.51. The van der Waals surface area contributed by atoms with Crippen LogP contribution in [-0.2, 0) is 4.43 Å². The van der Waals surface area contributed by atoms with Crippen molar-refractivity contribution >= 4 is 9.04 Å². The monoisotopic (exact) mass is 200 g/mol. The van der Waals surface area contributed by atoms with Gasteiger partial charge in [0.15, 0.2) is 9.04 Å². The van der Waals surface area contributed by atoms with Crippen LogP contribution in [0.3, 0.4) is 0 Å². The van der Waals surface area contributed by atoms with Gasteiger partial charge in [0.25, 0.3) is 0 Å². The summed E-state index contributed by atoms with van der Waals surface area (Å²) in [7, 11) is -0.824. The Bertz CT molecular complexity index is 115. The summed E-state index contributed by atoms with van der Waals surface area (Å²) < 4.78 is 5.80. The van der Waals surface area contributed by atoms with E-state index in [-0.39, 0.29) is 0 Å². The number of hydrogen-bond acceptors (Lipinski definition) is 1. The molecule has 78 valence electrons. The predicted molar refractivity (Wildman–Crippen MR) is 62.7 cm³/mol. The van der Waals surface area contributed by atoms with Crippen LogP contribution < -0.4 is 0 Å². The van der Waals surface area contributed by atoms with Gasteiger partial charge in [-0.1, -0.05) is 32.3 Å². The lowest BCUT2D eigenvalue weighted by Gasteiger charge is -2.10. The molecule has 0 amide bonds. The van der Waals surface area contributed by atoms with Crippen molar-refractivity contribution < 1.29 is 4.43 Å². The van der Waals surface area contributed by atoms with E-state index in [4.69, 9.17) is 4.43 Å². The first kappa shape index (κ1) is 12.9. The molecule has 0 saturated heterocycles. The molecule has 2 heteroatoms. The van der Waals surface area contributed by atoms with Gasteiger partial charge in [-0.3, -0.25) is 0 Å². The van der Waals surface area contributed by atoms with E-state index < -0.39 is 9.04 Å². The molecule has 1 unspecified atom stereocenters. The molecule has 0 aromatic carbocycles. The highest BCUT2D eigenvalue weighted by atomic mass is 28.3. The zero-order valence-corrected chi connectivity index (χ0v) is 10.4. The fourth-order valence-electron chi connectivity index (χ4n) is 1.27. The molecule has 0 aliphatic heterocycles. The van der Waals surface area contributed by atoms with Gasteiger partial charge in [-0.2, -0.15) is 0 Å². The van der Waals surface area contributed by atoms with Crippen LogP contribution in [0.15, 0.2) is 12.7 Å². The largest absolute Gasteiger partial charge is 0.420 e. The van der Waals surface area contributed by atoms with Gasteiger partial charge in [0, 0.05) is 6.61 Å². The van der Waals surface area contributed by atoms with Crippen molar-refractivity contribution in [3.63, 3.8) is 0 Å². The standard InChI is InChI=1S/C11H24OSi/c1-4-6-8-10-12-13(3)11-9-7-5-2/h5,13H,2,4,6-11H2,1,3H3. The van der Waals surface area contributed by atoms with Crippen molar-refractivity contribution in [2.75, 3.05) is 6.61 Å². The molecular weight excluding hydrogens is 176 g/mol. The molecule has 0 fully saturated rings. The molecule has 0 aromatic heterocycles. The van der Waals surface area contributed by atoms with Crippen LogP contribution >= 0.6 is 0 Å². The normalized spacial score (nSPS) is 12.8. The van der Waals surface area contributed by atoms with Gasteiger partial charge < -0.3 is 4.43 Å². The van der Waals surface area contributed by atoms with Crippen molar-refractivity contribution in [1.29, 1.82) is 0 Å². The Balaban J connectivity index is 3.09. The quantitative estimate of drug-likeness (QED) is 0.314. The molecule has 0 rings (SSSR count). The van der Waals surface area contributed by atoms with Crippen molar-refractivity contribution in [3.8, 4) is 0 Å². The van der Waals surface area contributed by atoms with Gasteiger partial charge >= 0.3 is 0 Å². The third-order valence-electron chi connectivity index (χ3n) is 2.17. The topological polar surface area (TPSA) is 9.23 Å². The number of rotatable bonds is 9. The molecule has 0 N–H and O–H groups in total. The maximum absolute atomic E-state index is 5.80. The zero-order chi connectivity index (χ0) is 9.94. The Labute approximate surface area is 84.9 Å². The van der Waals surface area contributed by atoms with E-state index in [0.717, 1.165) is 13.0 Å². The fraction of sp³-hybridized carbons (Fsp3) is 0.818. The molecular formula is C11H24OSi. The summed E-state index contributed by atoms with van der Waals surface area (Å²) in [5, 5.41) is 0. The number of unbranched alkanes of at least 4 members (excludes halogenated alkanes) is 3. The molecule has 13 heavy (non-hydrogen) atoms. The van der Waals surface area contributed by atoms with Crippen LogP contribution in [0.4, 0.5) is 0 Å². The van der Waals surface area contributed by atoms with Gasteiger partial charge in [0.05, 0.1) is 0 Å². The van der Waals surface area contributed by atoms with Gasteiger partial charge in [0.2, 0.25) is 0 Å². The summed E-state index contributed by atoms with van der Waals surface area (Å²) in [6.07, 6.45) is 8.26. The summed E-state index contributed by atoms with van der Waals surface area (Å²) in [6.45, 7) is 9.24. The lowest BCUT2D eigenvalue weighted by Crippen LogP contribution is -2.13. The molecule has 0 saturated carbocycles. The van der Waals surface area contributed by atoms with E-state index in [1.54, 1.807) is 0 Å². The van der Waals surface area contributed by atoms with Crippen LogP contribution in [0.2, 0.25) is 12.6 Å². The third kappa shape index (κ3) is 9.83. The lowest BCUT2D eigenvalue weighted by atomic mass is 10.3. The minimum absolute atomic E-state index is 0.824. The van der Waals surface area contributed by atoms with E-state index in [0.29, 0.717) is 0 Å². The van der Waals surface area contributed by atoms with Crippen LogP contribution in [0.5, 0.6) is 0 Å². The molecule has 0 bridgehead atoms. The minimum atomic E-state index is -0.824. The first-order valence-corrected chi connectivity index (χ1v) is 7.98. The summed E-state index contributed by atoms with van der Waals surface area (Å²) >= 11 is 0. The van der Waals surface area contributed by atoms with Crippen LogP contribution in [0.1, 0.15) is 39.0 Å². The van der Waals surface area contributed by atoms with E-state index in [9.17, 15) is 0 Å². The minimum Gasteiger partial charge on any atom is -0.420 e. The molecule has 0 spiro atoms. The second-order valence-corrected chi connectivity index (χ2v) is 6.14. The zero-order valence-electron chi connectivity index (χ0n) is 9.22. The summed E-state index contributed by atoms with van der Waals surface area (Å²) in [6, 6.07) is 1.30. The summed E-state index contributed by atoms with van der Waals surface area (Å²) in [5.41, 5.74) is 0. The highest BCUT2D eigenvalue weighted by Gasteiger charge is 2.02. The Morgan fingerprint density at radius 1 is 1.31 bits per heavy atom. The Hall–Kier alpha value is -0.0831. The fourth-order valence-corrected chi connectivity index (χ4v) is 2.82. The van der Waals surface area contributed by atoms with E-state index in [2.05, 4.69) is 20.0 Å². The van der Waals surface area contributed by atoms with Gasteiger partial charge in [0.1, 0.15) is 0 Å². The molecule has 0 radical (unpaired) electrons. The van der Waals surface area contributed by atoms with E-state index >= 15 is 0 Å². The molecule has 0 aromatic rings. The highest BCUT2D eigenvalue weighted by Crippen LogP contribution is 2.04. The average Bonchev–Trinajstić information content (AvgIpc) is 2.13. The SMILES string of the molecule is C=CCCC[SiH](C)OCCCCC. The van der Waals surface area contributed by atoms with Crippen LogP contribution in [0.25, 0.3) is 0 Å². The maximum atomic E-state index is 5.80. The molecule has 0 heterocycles. The van der Waals surface area contributed by atoms with Gasteiger partial charge in [-0.15, -0.1) is 6.58 Å². The van der Waals surface area contributed by atoms with Crippen molar-refractivity contribution in [2.45, 2.75) is 51.6 Å². The Morgan fingerprint density at radius 2 is 2.08 bits per heavy atom. The van der Waals surface area contributed by atoms with Gasteiger partial charge in [-0.05, 0) is 25.4 Å². The highest BCUT2D eigenvalue weighted by molar-refractivity contribution is 6.50. The first-order chi connectivity index (χ1) is 6.31. The average molecular weight is 200 g/mol. The second-order valence-electron chi connectivity index (χ2n) is 3.61. The molecule has 1 atom stereocenters. The Kier molecular flexibility index (Phi) is 9.94. The molecule has 0 aliphatic rings. The van der Waals surface area contributed by atoms with E-state index in [1.165, 1.54) is 31.7 Å². The molecule has 1 nitrogen and oxygen atoms in total. The van der Waals surface area contributed by atoms with Crippen molar-refractivity contribution in [3.05, 3.63) is 12.7 Å². The summed E-state index contributed by atoms with van der Waals surface area (Å²) in [5.74, 6) is 0. The second kappa shape index (κ2) is 10.0. The molecule has 0 aliphatic carbocycles. The third-order valence-corrected chi connectivity index (χ3v) is 4.20. The maximum Gasteiger partial charge on any atom is 0.173 e. The van der Waals surface area contributed by atoms with Gasteiger partial charge in [-0.25, -0.2) is 0 Å². The lowest BCUT2D eigenvalue weighted by molar-refractivity contribution is 0.309. The van der Waals surface area contributed by atoms with Crippen molar-refractivity contribution in [2.24, 2.45) is 0 Å². The summed E-state index contributed by atoms with van der Waals surface area (Å²) in [4.78, 5) is 0.